The van der Waals surface area contributed by atoms with E-state index in [4.69, 9.17) is 4.74 Å². The van der Waals surface area contributed by atoms with Crippen molar-refractivity contribution in [2.75, 3.05) is 17.1 Å². The maximum absolute atomic E-state index is 12.7. The molecule has 7 nitrogen and oxygen atoms in total. The first-order chi connectivity index (χ1) is 12.6. The maximum atomic E-state index is 12.7. The van der Waals surface area contributed by atoms with Crippen molar-refractivity contribution in [1.29, 1.82) is 0 Å². The molecule has 4 rings (SSSR count). The molecule has 0 atom stereocenters. The molecule has 1 aromatic heterocycles. The van der Waals surface area contributed by atoms with E-state index in [-0.39, 0.29) is 4.90 Å². The lowest BCUT2D eigenvalue weighted by atomic mass is 10.2. The van der Waals surface area contributed by atoms with Crippen LogP contribution in [-0.4, -0.2) is 25.5 Å². The van der Waals surface area contributed by atoms with Gasteiger partial charge in [-0.3, -0.25) is 4.72 Å². The summed E-state index contributed by atoms with van der Waals surface area (Å²) in [5.74, 6) is 0.593. The number of benzene rings is 2. The van der Waals surface area contributed by atoms with Gasteiger partial charge in [-0.15, -0.1) is 0 Å². The highest BCUT2D eigenvalue weighted by Gasteiger charge is 2.22. The minimum atomic E-state index is -3.74. The molecular formula is C17H14N4O3S2. The van der Waals surface area contributed by atoms with Crippen molar-refractivity contribution in [2.24, 2.45) is 0 Å². The van der Waals surface area contributed by atoms with Crippen molar-refractivity contribution in [2.45, 2.75) is 14.8 Å². The van der Waals surface area contributed by atoms with Crippen molar-refractivity contribution < 1.29 is 13.2 Å². The van der Waals surface area contributed by atoms with Gasteiger partial charge in [-0.2, -0.15) is 0 Å². The highest BCUT2D eigenvalue weighted by Crippen LogP contribution is 2.46. The smallest absolute Gasteiger partial charge is 0.261 e. The van der Waals surface area contributed by atoms with Crippen LogP contribution in [0.5, 0.6) is 5.75 Å². The summed E-state index contributed by atoms with van der Waals surface area (Å²) in [5.41, 5.74) is 1.87. The molecular weight excluding hydrogens is 372 g/mol. The molecule has 3 aromatic rings. The Morgan fingerprint density at radius 2 is 1.96 bits per heavy atom. The molecule has 0 spiro atoms. The Kier molecular flexibility index (Phi) is 4.17. The fraction of sp³-hybridized carbons (Fsp3) is 0.0588. The average molecular weight is 386 g/mol. The molecule has 26 heavy (non-hydrogen) atoms. The number of methoxy groups -OCH3 is 1. The summed E-state index contributed by atoms with van der Waals surface area (Å²) in [7, 11) is -2.20. The second-order valence-corrected chi connectivity index (χ2v) is 8.14. The molecule has 9 heteroatoms. The van der Waals surface area contributed by atoms with Gasteiger partial charge >= 0.3 is 0 Å². The Morgan fingerprint density at radius 1 is 1.15 bits per heavy atom. The predicted octanol–water partition coefficient (Wildman–Crippen LogP) is 3.49. The molecule has 2 aromatic carbocycles. The zero-order chi connectivity index (χ0) is 18.1. The average Bonchev–Trinajstić information content (AvgIpc) is 2.66. The van der Waals surface area contributed by atoms with E-state index in [2.05, 4.69) is 20.0 Å². The molecule has 132 valence electrons. The summed E-state index contributed by atoms with van der Waals surface area (Å²) in [6.07, 6.45) is 3.14. The Labute approximate surface area is 154 Å². The second-order valence-electron chi connectivity index (χ2n) is 5.43. The van der Waals surface area contributed by atoms with Crippen LogP contribution in [0, 0.1) is 0 Å². The lowest BCUT2D eigenvalue weighted by molar-refractivity contribution is 0.414. The first-order valence-electron chi connectivity index (χ1n) is 7.61. The van der Waals surface area contributed by atoms with Crippen LogP contribution in [0.15, 0.2) is 69.8 Å². The highest BCUT2D eigenvalue weighted by molar-refractivity contribution is 7.99. The minimum absolute atomic E-state index is 0.156. The number of nitrogens with zero attached hydrogens (tertiary/aromatic N) is 2. The Morgan fingerprint density at radius 3 is 2.73 bits per heavy atom. The number of anilines is 3. The quantitative estimate of drug-likeness (QED) is 0.519. The summed E-state index contributed by atoms with van der Waals surface area (Å²) in [6.45, 7) is 0. The van der Waals surface area contributed by atoms with Crippen LogP contribution in [0.25, 0.3) is 0 Å². The number of rotatable bonds is 4. The maximum Gasteiger partial charge on any atom is 0.261 e. The Bertz CT molecular complexity index is 1070. The minimum Gasteiger partial charge on any atom is -0.497 e. The molecule has 0 radical (unpaired) electrons. The van der Waals surface area contributed by atoms with Gasteiger partial charge in [0.1, 0.15) is 17.1 Å². The van der Waals surface area contributed by atoms with Crippen LogP contribution in [0.4, 0.5) is 17.1 Å². The van der Waals surface area contributed by atoms with E-state index in [0.717, 1.165) is 15.6 Å². The summed E-state index contributed by atoms with van der Waals surface area (Å²) >= 11 is 1.46. The van der Waals surface area contributed by atoms with E-state index in [0.29, 0.717) is 17.1 Å². The number of nitrogens with one attached hydrogen (secondary N) is 2. The molecule has 0 bridgehead atoms. The van der Waals surface area contributed by atoms with E-state index in [1.54, 1.807) is 30.5 Å². The van der Waals surface area contributed by atoms with E-state index in [1.165, 1.54) is 37.3 Å². The number of fused-ring (bicyclic) bond motifs is 2. The van der Waals surface area contributed by atoms with Gasteiger partial charge in [-0.05, 0) is 36.4 Å². The standard InChI is InChI=1S/C17H14N4O3S2/c1-24-11-5-7-12(8-6-11)26(22,23)21-13-3-2-4-15-16(13)20-14-9-18-10-19-17(14)25-15/h2-10,20-21H,1H3. The van der Waals surface area contributed by atoms with Gasteiger partial charge in [-0.1, -0.05) is 17.8 Å². The molecule has 0 aliphatic carbocycles. The van der Waals surface area contributed by atoms with Gasteiger partial charge in [0.25, 0.3) is 10.0 Å². The third-order valence-corrected chi connectivity index (χ3v) is 6.24. The third kappa shape index (κ3) is 3.06. The summed E-state index contributed by atoms with van der Waals surface area (Å²) in [5, 5.41) is 4.00. The Balaban J connectivity index is 1.67. The zero-order valence-corrected chi connectivity index (χ0v) is 15.3. The van der Waals surface area contributed by atoms with Crippen LogP contribution in [0.2, 0.25) is 0 Å². The normalized spacial score (nSPS) is 12.5. The first-order valence-corrected chi connectivity index (χ1v) is 9.91. The number of aromatic nitrogens is 2. The van der Waals surface area contributed by atoms with Gasteiger partial charge in [0.2, 0.25) is 0 Å². The van der Waals surface area contributed by atoms with Crippen molar-refractivity contribution >= 4 is 38.8 Å². The van der Waals surface area contributed by atoms with E-state index in [1.807, 2.05) is 6.07 Å². The van der Waals surface area contributed by atoms with E-state index in [9.17, 15) is 8.42 Å². The second kappa shape index (κ2) is 6.50. The van der Waals surface area contributed by atoms with Gasteiger partial charge in [0, 0.05) is 4.90 Å². The van der Waals surface area contributed by atoms with Gasteiger partial charge in [-0.25, -0.2) is 18.4 Å². The predicted molar refractivity (Wildman–Crippen MR) is 99.7 cm³/mol. The van der Waals surface area contributed by atoms with Crippen LogP contribution < -0.4 is 14.8 Å². The monoisotopic (exact) mass is 386 g/mol. The SMILES string of the molecule is COc1ccc(S(=O)(=O)Nc2cccc3c2Nc2cncnc2S3)cc1. The molecule has 0 saturated carbocycles. The molecule has 0 saturated heterocycles. The summed E-state index contributed by atoms with van der Waals surface area (Å²) in [4.78, 5) is 9.26. The number of ether oxygens (including phenoxy) is 1. The largest absolute Gasteiger partial charge is 0.497 e. The number of para-hydroxylation sites is 1. The van der Waals surface area contributed by atoms with Crippen LogP contribution >= 0.6 is 11.8 Å². The van der Waals surface area contributed by atoms with Crippen LogP contribution in [0.3, 0.4) is 0 Å². The van der Waals surface area contributed by atoms with Crippen LogP contribution in [0.1, 0.15) is 0 Å². The third-order valence-electron chi connectivity index (χ3n) is 3.78. The molecule has 0 amide bonds. The van der Waals surface area contributed by atoms with Crippen molar-refractivity contribution in [1.82, 2.24) is 9.97 Å². The topological polar surface area (TPSA) is 93.2 Å². The fourth-order valence-electron chi connectivity index (χ4n) is 2.51. The first kappa shape index (κ1) is 16.7. The van der Waals surface area contributed by atoms with E-state index < -0.39 is 10.0 Å². The lowest BCUT2D eigenvalue weighted by Crippen LogP contribution is -2.15. The molecule has 2 N–H and O–H groups in total. The van der Waals surface area contributed by atoms with E-state index >= 15 is 0 Å². The van der Waals surface area contributed by atoms with Crippen molar-refractivity contribution in [3.8, 4) is 5.75 Å². The highest BCUT2D eigenvalue weighted by atomic mass is 32.2. The summed E-state index contributed by atoms with van der Waals surface area (Å²) in [6, 6.07) is 11.6. The lowest BCUT2D eigenvalue weighted by Gasteiger charge is -2.22. The molecule has 0 unspecified atom stereocenters. The molecule has 1 aliphatic heterocycles. The van der Waals surface area contributed by atoms with Gasteiger partial charge in [0.15, 0.2) is 0 Å². The molecule has 2 heterocycles. The number of hydrogen-bond donors (Lipinski definition) is 2. The molecule has 1 aliphatic rings. The summed E-state index contributed by atoms with van der Waals surface area (Å²) < 4.78 is 33.2. The van der Waals surface area contributed by atoms with Crippen molar-refractivity contribution in [3.05, 3.63) is 55.0 Å². The Hall–Kier alpha value is -2.78. The fourth-order valence-corrected chi connectivity index (χ4v) is 4.52. The van der Waals surface area contributed by atoms with Crippen LogP contribution in [-0.2, 0) is 10.0 Å². The number of sulfonamides is 1. The van der Waals surface area contributed by atoms with Gasteiger partial charge in [0.05, 0.1) is 35.3 Å². The van der Waals surface area contributed by atoms with Gasteiger partial charge < -0.3 is 10.1 Å². The molecule has 0 fully saturated rings. The van der Waals surface area contributed by atoms with Crippen molar-refractivity contribution in [3.63, 3.8) is 0 Å². The zero-order valence-electron chi connectivity index (χ0n) is 13.6. The number of hydrogen-bond acceptors (Lipinski definition) is 7.